The van der Waals surface area contributed by atoms with E-state index in [0.29, 0.717) is 12.1 Å². The quantitative estimate of drug-likeness (QED) is 0.905. The summed E-state index contributed by atoms with van der Waals surface area (Å²) in [5, 5.41) is 3.60. The van der Waals surface area contributed by atoms with E-state index in [1.165, 1.54) is 5.56 Å². The molecule has 2 atom stereocenters. The second kappa shape index (κ2) is 5.86. The van der Waals surface area contributed by atoms with E-state index in [0.717, 1.165) is 24.3 Å². The molecule has 3 heteroatoms. The number of nitrogens with one attached hydrogen (secondary N) is 1. The van der Waals surface area contributed by atoms with E-state index < -0.39 is 0 Å². The predicted octanol–water partition coefficient (Wildman–Crippen LogP) is 3.67. The van der Waals surface area contributed by atoms with Crippen LogP contribution in [0.1, 0.15) is 24.1 Å². The Kier molecular flexibility index (Phi) is 3.93. The molecule has 2 unspecified atom stereocenters. The number of anilines is 1. The second-order valence-electron chi connectivity index (χ2n) is 5.80. The van der Waals surface area contributed by atoms with Gasteiger partial charge in [-0.1, -0.05) is 30.3 Å². The molecule has 0 aromatic heterocycles. The first kappa shape index (κ1) is 14.1. The van der Waals surface area contributed by atoms with Crippen molar-refractivity contribution >= 4 is 5.69 Å². The maximum absolute atomic E-state index is 13.3. The van der Waals surface area contributed by atoms with Gasteiger partial charge >= 0.3 is 0 Å². The molecule has 0 saturated carbocycles. The molecular weight excluding hydrogens is 263 g/mol. The molecule has 1 heterocycles. The minimum absolute atomic E-state index is 0.168. The number of aryl methyl sites for hydroxylation is 1. The molecule has 0 bridgehead atoms. The fourth-order valence-corrected chi connectivity index (χ4v) is 3.05. The molecule has 0 amide bonds. The van der Waals surface area contributed by atoms with Crippen LogP contribution in [0.5, 0.6) is 0 Å². The average Bonchev–Trinajstić information content (AvgIpc) is 2.49. The van der Waals surface area contributed by atoms with Gasteiger partial charge in [0, 0.05) is 30.9 Å². The Balaban J connectivity index is 1.87. The Morgan fingerprint density at radius 2 is 1.90 bits per heavy atom. The highest BCUT2D eigenvalue weighted by Crippen LogP contribution is 2.28. The number of piperazine rings is 1. The van der Waals surface area contributed by atoms with Crippen LogP contribution in [0.3, 0.4) is 0 Å². The van der Waals surface area contributed by atoms with Gasteiger partial charge in [0.15, 0.2) is 0 Å². The van der Waals surface area contributed by atoms with Crippen LogP contribution < -0.4 is 10.2 Å². The SMILES string of the molecule is Cc1cc(F)ccc1N1CC(c2ccccc2)NCC1C. The summed E-state index contributed by atoms with van der Waals surface area (Å²) in [5.41, 5.74) is 3.43. The van der Waals surface area contributed by atoms with Crippen molar-refractivity contribution in [3.05, 3.63) is 65.5 Å². The summed E-state index contributed by atoms with van der Waals surface area (Å²) in [6, 6.07) is 16.3. The Morgan fingerprint density at radius 3 is 2.62 bits per heavy atom. The Bertz CT molecular complexity index is 612. The highest BCUT2D eigenvalue weighted by molar-refractivity contribution is 5.55. The maximum atomic E-state index is 13.3. The number of rotatable bonds is 2. The van der Waals surface area contributed by atoms with Gasteiger partial charge in [-0.15, -0.1) is 0 Å². The van der Waals surface area contributed by atoms with Crippen molar-refractivity contribution in [3.8, 4) is 0 Å². The van der Waals surface area contributed by atoms with Crippen LogP contribution in [0.15, 0.2) is 48.5 Å². The molecule has 2 nitrogen and oxygen atoms in total. The van der Waals surface area contributed by atoms with Crippen molar-refractivity contribution in [2.24, 2.45) is 0 Å². The Hall–Kier alpha value is -1.87. The number of benzene rings is 2. The summed E-state index contributed by atoms with van der Waals surface area (Å²) in [6.45, 7) is 6.01. The maximum Gasteiger partial charge on any atom is 0.123 e. The lowest BCUT2D eigenvalue weighted by Gasteiger charge is -2.41. The fourth-order valence-electron chi connectivity index (χ4n) is 3.05. The molecule has 1 N–H and O–H groups in total. The van der Waals surface area contributed by atoms with E-state index in [2.05, 4.69) is 41.4 Å². The molecule has 2 aromatic rings. The lowest BCUT2D eigenvalue weighted by molar-refractivity contribution is 0.414. The first-order chi connectivity index (χ1) is 10.1. The van der Waals surface area contributed by atoms with Gasteiger partial charge in [0.1, 0.15) is 5.82 Å². The summed E-state index contributed by atoms with van der Waals surface area (Å²) >= 11 is 0. The second-order valence-corrected chi connectivity index (χ2v) is 5.80. The van der Waals surface area contributed by atoms with Crippen LogP contribution in [0.25, 0.3) is 0 Å². The molecule has 1 saturated heterocycles. The molecule has 0 aliphatic carbocycles. The van der Waals surface area contributed by atoms with E-state index in [-0.39, 0.29) is 5.82 Å². The van der Waals surface area contributed by atoms with Crippen LogP contribution in [0, 0.1) is 12.7 Å². The summed E-state index contributed by atoms with van der Waals surface area (Å²) < 4.78 is 13.3. The summed E-state index contributed by atoms with van der Waals surface area (Å²) in [4.78, 5) is 2.38. The Morgan fingerprint density at radius 1 is 1.14 bits per heavy atom. The number of hydrogen-bond donors (Lipinski definition) is 1. The van der Waals surface area contributed by atoms with E-state index >= 15 is 0 Å². The zero-order chi connectivity index (χ0) is 14.8. The molecule has 21 heavy (non-hydrogen) atoms. The third-order valence-corrected chi connectivity index (χ3v) is 4.24. The van der Waals surface area contributed by atoms with E-state index in [1.54, 1.807) is 12.1 Å². The minimum Gasteiger partial charge on any atom is -0.365 e. The fraction of sp³-hybridized carbons (Fsp3) is 0.333. The molecule has 1 fully saturated rings. The normalized spacial score (nSPS) is 22.3. The zero-order valence-electron chi connectivity index (χ0n) is 12.5. The summed E-state index contributed by atoms with van der Waals surface area (Å²) in [7, 11) is 0. The average molecular weight is 284 g/mol. The van der Waals surface area contributed by atoms with Crippen LogP contribution in [-0.2, 0) is 0 Å². The highest BCUT2D eigenvalue weighted by Gasteiger charge is 2.26. The van der Waals surface area contributed by atoms with Crippen LogP contribution in [-0.4, -0.2) is 19.1 Å². The van der Waals surface area contributed by atoms with Crippen molar-refractivity contribution in [2.75, 3.05) is 18.0 Å². The molecule has 3 rings (SSSR count). The van der Waals surface area contributed by atoms with Gasteiger partial charge < -0.3 is 10.2 Å². The topological polar surface area (TPSA) is 15.3 Å². The van der Waals surface area contributed by atoms with Crippen molar-refractivity contribution in [1.29, 1.82) is 0 Å². The van der Waals surface area contributed by atoms with Crippen LogP contribution in [0.4, 0.5) is 10.1 Å². The standard InChI is InChI=1S/C18H21FN2/c1-13-10-16(19)8-9-18(13)21-12-17(20-11-14(21)2)15-6-4-3-5-7-15/h3-10,14,17,20H,11-12H2,1-2H3. The Labute approximate surface area is 125 Å². The number of nitrogens with zero attached hydrogens (tertiary/aromatic N) is 1. The lowest BCUT2D eigenvalue weighted by atomic mass is 10.0. The predicted molar refractivity (Wildman–Crippen MR) is 85.1 cm³/mol. The van der Waals surface area contributed by atoms with Crippen molar-refractivity contribution < 1.29 is 4.39 Å². The highest BCUT2D eigenvalue weighted by atomic mass is 19.1. The molecule has 2 aromatic carbocycles. The van der Waals surface area contributed by atoms with E-state index in [9.17, 15) is 4.39 Å². The first-order valence-electron chi connectivity index (χ1n) is 7.46. The van der Waals surface area contributed by atoms with Crippen molar-refractivity contribution in [3.63, 3.8) is 0 Å². The van der Waals surface area contributed by atoms with E-state index in [1.807, 2.05) is 19.1 Å². The summed E-state index contributed by atoms with van der Waals surface area (Å²) in [6.07, 6.45) is 0. The third-order valence-electron chi connectivity index (χ3n) is 4.24. The minimum atomic E-state index is -0.168. The monoisotopic (exact) mass is 284 g/mol. The lowest BCUT2D eigenvalue weighted by Crippen LogP contribution is -2.51. The largest absolute Gasteiger partial charge is 0.365 e. The molecular formula is C18H21FN2. The van der Waals surface area contributed by atoms with Gasteiger partial charge in [-0.05, 0) is 43.2 Å². The third kappa shape index (κ3) is 2.93. The van der Waals surface area contributed by atoms with Crippen LogP contribution >= 0.6 is 0 Å². The van der Waals surface area contributed by atoms with Crippen molar-refractivity contribution in [2.45, 2.75) is 25.9 Å². The molecule has 0 spiro atoms. The van der Waals surface area contributed by atoms with Gasteiger partial charge in [-0.25, -0.2) is 4.39 Å². The summed E-state index contributed by atoms with van der Waals surface area (Å²) in [5.74, 6) is -0.168. The number of hydrogen-bond acceptors (Lipinski definition) is 2. The molecule has 1 aliphatic rings. The van der Waals surface area contributed by atoms with Gasteiger partial charge in [-0.2, -0.15) is 0 Å². The zero-order valence-corrected chi connectivity index (χ0v) is 12.5. The van der Waals surface area contributed by atoms with Gasteiger partial charge in [0.25, 0.3) is 0 Å². The van der Waals surface area contributed by atoms with Crippen molar-refractivity contribution in [1.82, 2.24) is 5.32 Å². The smallest absolute Gasteiger partial charge is 0.123 e. The molecule has 1 aliphatic heterocycles. The van der Waals surface area contributed by atoms with Gasteiger partial charge in [-0.3, -0.25) is 0 Å². The first-order valence-corrected chi connectivity index (χ1v) is 7.46. The van der Waals surface area contributed by atoms with Gasteiger partial charge in [0.2, 0.25) is 0 Å². The number of halogens is 1. The van der Waals surface area contributed by atoms with Crippen LogP contribution in [0.2, 0.25) is 0 Å². The molecule has 0 radical (unpaired) electrons. The van der Waals surface area contributed by atoms with Gasteiger partial charge in [0.05, 0.1) is 0 Å². The van der Waals surface area contributed by atoms with E-state index in [4.69, 9.17) is 0 Å². The molecule has 110 valence electrons.